The Morgan fingerprint density at radius 2 is 1.86 bits per heavy atom. The number of likely N-dealkylation sites (tertiary alicyclic amines) is 1. The Kier molecular flexibility index (Phi) is 6.67. The Labute approximate surface area is 210 Å². The first kappa shape index (κ1) is 23.9. The monoisotopic (exact) mass is 485 g/mol. The number of nitrogens with one attached hydrogen (secondary N) is 1. The molecule has 8 heteroatoms. The minimum atomic E-state index is -1.21. The molecule has 1 saturated heterocycles. The van der Waals surface area contributed by atoms with Gasteiger partial charge in [0.25, 0.3) is 0 Å². The van der Waals surface area contributed by atoms with Gasteiger partial charge in [0.1, 0.15) is 0 Å². The summed E-state index contributed by atoms with van der Waals surface area (Å²) >= 11 is 0. The third kappa shape index (κ3) is 4.55. The van der Waals surface area contributed by atoms with Crippen molar-refractivity contribution in [1.82, 2.24) is 25.0 Å². The van der Waals surface area contributed by atoms with E-state index in [1.165, 1.54) is 10.5 Å². The molecule has 1 fully saturated rings. The van der Waals surface area contributed by atoms with Gasteiger partial charge in [-0.3, -0.25) is 29.4 Å². The number of fused-ring (bicyclic) bond motifs is 1. The zero-order chi connectivity index (χ0) is 25.1. The predicted octanol–water partition coefficient (Wildman–Crippen LogP) is 2.97. The van der Waals surface area contributed by atoms with Gasteiger partial charge < -0.3 is 4.90 Å². The van der Waals surface area contributed by atoms with Crippen LogP contribution in [0.5, 0.6) is 0 Å². The Balaban J connectivity index is 1.36. The first-order valence-electron chi connectivity index (χ1n) is 12.6. The molecule has 3 amide bonds. The number of amides is 3. The summed E-state index contributed by atoms with van der Waals surface area (Å²) < 4.78 is 0. The van der Waals surface area contributed by atoms with Crippen LogP contribution in [0.3, 0.4) is 0 Å². The summed E-state index contributed by atoms with van der Waals surface area (Å²) in [5, 5.41) is 7.59. The molecule has 2 aliphatic rings. The number of carbonyl (C=O) groups excluding carboxylic acids is 3. The van der Waals surface area contributed by atoms with Crippen molar-refractivity contribution in [3.05, 3.63) is 82.9 Å². The van der Waals surface area contributed by atoms with Gasteiger partial charge >= 0.3 is 0 Å². The number of aromatic nitrogens is 3. The topological polar surface area (TPSA) is 99.3 Å². The van der Waals surface area contributed by atoms with Crippen molar-refractivity contribution in [3.63, 3.8) is 0 Å². The fourth-order valence-corrected chi connectivity index (χ4v) is 5.41. The van der Waals surface area contributed by atoms with Gasteiger partial charge in [-0.15, -0.1) is 0 Å². The van der Waals surface area contributed by atoms with E-state index in [4.69, 9.17) is 0 Å². The van der Waals surface area contributed by atoms with Gasteiger partial charge in [-0.25, -0.2) is 0 Å². The number of imide groups is 1. The normalized spacial score (nSPS) is 19.4. The van der Waals surface area contributed by atoms with Gasteiger partial charge in [0, 0.05) is 50.4 Å². The summed E-state index contributed by atoms with van der Waals surface area (Å²) in [7, 11) is 1.74. The van der Waals surface area contributed by atoms with Crippen LogP contribution < -0.4 is 0 Å². The Hall–Kier alpha value is -3.81. The first-order chi connectivity index (χ1) is 17.5. The summed E-state index contributed by atoms with van der Waals surface area (Å²) in [5.74, 6) is -0.746. The van der Waals surface area contributed by atoms with Crippen molar-refractivity contribution in [1.29, 1.82) is 0 Å². The number of hydrogen-bond donors (Lipinski definition) is 1. The number of rotatable bonds is 8. The van der Waals surface area contributed by atoms with Crippen LogP contribution in [0.25, 0.3) is 0 Å². The lowest BCUT2D eigenvalue weighted by Crippen LogP contribution is -2.43. The third-order valence-corrected chi connectivity index (χ3v) is 7.46. The minimum absolute atomic E-state index is 0.0184. The molecule has 8 nitrogen and oxygen atoms in total. The van der Waals surface area contributed by atoms with Crippen LogP contribution in [0.15, 0.2) is 54.7 Å². The van der Waals surface area contributed by atoms with E-state index in [0.717, 1.165) is 42.8 Å². The highest BCUT2D eigenvalue weighted by Crippen LogP contribution is 2.40. The minimum Gasteiger partial charge on any atom is -0.340 e. The maximum atomic E-state index is 13.8. The average molecular weight is 486 g/mol. The molecule has 0 unspecified atom stereocenters. The van der Waals surface area contributed by atoms with Crippen LogP contribution in [0.1, 0.15) is 53.9 Å². The van der Waals surface area contributed by atoms with Gasteiger partial charge in [0.05, 0.1) is 17.7 Å². The van der Waals surface area contributed by atoms with E-state index >= 15 is 0 Å². The molecule has 3 aromatic rings. The largest absolute Gasteiger partial charge is 0.340 e. The van der Waals surface area contributed by atoms with E-state index in [-0.39, 0.29) is 37.1 Å². The maximum absolute atomic E-state index is 13.8. The number of carbonyl (C=O) groups is 3. The van der Waals surface area contributed by atoms with Crippen LogP contribution in [0.4, 0.5) is 0 Å². The fraction of sp³-hybridized carbons (Fsp3) is 0.393. The molecule has 0 bridgehead atoms. The number of aryl methyl sites for hydroxylation is 1. The van der Waals surface area contributed by atoms with Gasteiger partial charge in [0.2, 0.25) is 17.7 Å². The van der Waals surface area contributed by atoms with E-state index < -0.39 is 5.41 Å². The lowest BCUT2D eigenvalue weighted by molar-refractivity contribution is -0.142. The average Bonchev–Trinajstić information content (AvgIpc) is 3.42. The SMILES string of the molecule is CN(Cc1n[nH]c2c1CCCC2)C(=O)C[C@]1(c2ccccc2)CC(=O)N(CCc2ccccn2)C1=O. The molecule has 1 N–H and O–H groups in total. The highest BCUT2D eigenvalue weighted by Gasteiger charge is 2.53. The van der Waals surface area contributed by atoms with Gasteiger partial charge in [0.15, 0.2) is 0 Å². The number of hydrogen-bond acceptors (Lipinski definition) is 5. The summed E-state index contributed by atoms with van der Waals surface area (Å²) in [4.78, 5) is 47.7. The standard InChI is InChI=1S/C28H31N5O3/c1-32(19-24-22-12-5-6-13-23(22)30-31-24)25(34)17-28(20-9-3-2-4-10-20)18-26(35)33(27(28)36)16-14-21-11-7-8-15-29-21/h2-4,7-11,15H,5-6,12-14,16-19H2,1H3,(H,30,31)/t28-/m1/s1. The van der Waals surface area contributed by atoms with Crippen molar-refractivity contribution >= 4 is 17.7 Å². The molecule has 1 atom stereocenters. The van der Waals surface area contributed by atoms with Crippen molar-refractivity contribution < 1.29 is 14.4 Å². The second-order valence-corrected chi connectivity index (χ2v) is 9.81. The second kappa shape index (κ2) is 10.0. The number of pyridine rings is 1. The maximum Gasteiger partial charge on any atom is 0.240 e. The molecule has 5 rings (SSSR count). The van der Waals surface area contributed by atoms with Crippen molar-refractivity contribution in [2.24, 2.45) is 0 Å². The van der Waals surface area contributed by atoms with E-state index in [0.29, 0.717) is 18.5 Å². The van der Waals surface area contributed by atoms with Crippen LogP contribution in [0, 0.1) is 0 Å². The fourth-order valence-electron chi connectivity index (χ4n) is 5.41. The molecule has 0 saturated carbocycles. The summed E-state index contributed by atoms with van der Waals surface area (Å²) in [6.07, 6.45) is 6.32. The smallest absolute Gasteiger partial charge is 0.240 e. The van der Waals surface area contributed by atoms with Crippen LogP contribution >= 0.6 is 0 Å². The molecule has 0 radical (unpaired) electrons. The van der Waals surface area contributed by atoms with Gasteiger partial charge in [-0.05, 0) is 48.9 Å². The summed E-state index contributed by atoms with van der Waals surface area (Å²) in [6.45, 7) is 0.619. The van der Waals surface area contributed by atoms with Crippen LogP contribution in [0.2, 0.25) is 0 Å². The summed E-state index contributed by atoms with van der Waals surface area (Å²) in [6, 6.07) is 14.8. The van der Waals surface area contributed by atoms with E-state index in [1.807, 2.05) is 48.5 Å². The molecular weight excluding hydrogens is 454 g/mol. The van der Waals surface area contributed by atoms with Crippen molar-refractivity contribution in [2.45, 2.75) is 56.9 Å². The lowest BCUT2D eigenvalue weighted by atomic mass is 9.75. The quantitative estimate of drug-likeness (QED) is 0.495. The van der Waals surface area contributed by atoms with Crippen LogP contribution in [-0.2, 0) is 45.6 Å². The number of H-pyrrole nitrogens is 1. The predicted molar refractivity (Wildman–Crippen MR) is 134 cm³/mol. The number of benzene rings is 1. The molecule has 3 heterocycles. The lowest BCUT2D eigenvalue weighted by Gasteiger charge is -2.29. The van der Waals surface area contributed by atoms with E-state index in [1.54, 1.807) is 18.1 Å². The highest BCUT2D eigenvalue weighted by molar-refractivity contribution is 6.10. The Morgan fingerprint density at radius 1 is 1.08 bits per heavy atom. The highest BCUT2D eigenvalue weighted by atomic mass is 16.2. The molecule has 0 spiro atoms. The van der Waals surface area contributed by atoms with Gasteiger partial charge in [-0.2, -0.15) is 5.10 Å². The zero-order valence-electron chi connectivity index (χ0n) is 20.6. The molecule has 2 aromatic heterocycles. The summed E-state index contributed by atoms with van der Waals surface area (Å²) in [5.41, 5.74) is 3.57. The third-order valence-electron chi connectivity index (χ3n) is 7.46. The van der Waals surface area contributed by atoms with E-state index in [9.17, 15) is 14.4 Å². The Morgan fingerprint density at radius 3 is 2.64 bits per heavy atom. The first-order valence-corrected chi connectivity index (χ1v) is 12.6. The van der Waals surface area contributed by atoms with Crippen molar-refractivity contribution in [3.8, 4) is 0 Å². The number of nitrogens with zero attached hydrogens (tertiary/aromatic N) is 4. The van der Waals surface area contributed by atoms with Gasteiger partial charge in [-0.1, -0.05) is 36.4 Å². The zero-order valence-corrected chi connectivity index (χ0v) is 20.6. The van der Waals surface area contributed by atoms with Crippen molar-refractivity contribution in [2.75, 3.05) is 13.6 Å². The second-order valence-electron chi connectivity index (χ2n) is 9.81. The Bertz CT molecular complexity index is 1260. The van der Waals surface area contributed by atoms with Crippen LogP contribution in [-0.4, -0.2) is 56.3 Å². The molecule has 1 aromatic carbocycles. The molecule has 36 heavy (non-hydrogen) atoms. The number of aromatic amines is 1. The molecule has 1 aliphatic heterocycles. The molecule has 186 valence electrons. The van der Waals surface area contributed by atoms with E-state index in [2.05, 4.69) is 15.2 Å². The molecule has 1 aliphatic carbocycles. The molecular formula is C28H31N5O3.